The minimum Gasteiger partial charge on any atom is -0.490 e. The standard InChI is InChI=1S/C29H26ClN3O6S/c1-3-38-24-14-19(6-13-23(24)39-17-27(35)32-21-9-4-18(2)5-10-21)15-25-28(36)33(29(37)40-25)16-26(34)31-22-11-7-20(30)8-12-22/h4-15H,3,16-17H2,1-2H3,(H,31,34)(H,32,35)/b25-15-. The van der Waals surface area contributed by atoms with Gasteiger partial charge in [-0.2, -0.15) is 0 Å². The third-order valence-corrected chi connectivity index (χ3v) is 6.72. The third-order valence-electron chi connectivity index (χ3n) is 5.56. The molecular formula is C29H26ClN3O6S. The molecule has 0 spiro atoms. The zero-order valence-electron chi connectivity index (χ0n) is 21.7. The lowest BCUT2D eigenvalue weighted by atomic mass is 10.2. The molecule has 0 unspecified atom stereocenters. The zero-order valence-corrected chi connectivity index (χ0v) is 23.3. The van der Waals surface area contributed by atoms with Crippen molar-refractivity contribution in [2.45, 2.75) is 13.8 Å². The van der Waals surface area contributed by atoms with Gasteiger partial charge < -0.3 is 20.1 Å². The first-order valence-electron chi connectivity index (χ1n) is 12.3. The van der Waals surface area contributed by atoms with E-state index in [1.807, 2.05) is 19.1 Å². The summed E-state index contributed by atoms with van der Waals surface area (Å²) >= 11 is 6.59. The molecule has 1 saturated heterocycles. The van der Waals surface area contributed by atoms with Gasteiger partial charge in [0.05, 0.1) is 11.5 Å². The average molecular weight is 580 g/mol. The fourth-order valence-electron chi connectivity index (χ4n) is 3.64. The number of aryl methyl sites for hydroxylation is 1. The Hall–Kier alpha value is -4.28. The fourth-order valence-corrected chi connectivity index (χ4v) is 4.61. The topological polar surface area (TPSA) is 114 Å². The molecule has 1 aliphatic rings. The van der Waals surface area contributed by atoms with Gasteiger partial charge in [-0.15, -0.1) is 0 Å². The Kier molecular flexibility index (Phi) is 9.47. The SMILES string of the molecule is CCOc1cc(/C=C2\SC(=O)N(CC(=O)Nc3ccc(Cl)cc3)C2=O)ccc1OCC(=O)Nc1ccc(C)cc1. The predicted molar refractivity (Wildman–Crippen MR) is 156 cm³/mol. The summed E-state index contributed by atoms with van der Waals surface area (Å²) in [6, 6.07) is 18.8. The second kappa shape index (κ2) is 13.2. The molecule has 1 heterocycles. The first-order valence-corrected chi connectivity index (χ1v) is 13.5. The molecule has 0 aromatic heterocycles. The molecule has 3 aromatic rings. The molecule has 2 N–H and O–H groups in total. The van der Waals surface area contributed by atoms with E-state index in [1.54, 1.807) is 67.6 Å². The molecule has 0 saturated carbocycles. The summed E-state index contributed by atoms with van der Waals surface area (Å²) in [5.41, 5.74) is 2.82. The van der Waals surface area contributed by atoms with Crippen LogP contribution in [-0.4, -0.2) is 47.6 Å². The number of thioether (sulfide) groups is 1. The molecule has 206 valence electrons. The number of nitrogens with zero attached hydrogens (tertiary/aromatic N) is 1. The Morgan fingerprint density at radius 1 is 0.900 bits per heavy atom. The molecule has 40 heavy (non-hydrogen) atoms. The number of rotatable bonds is 10. The minimum absolute atomic E-state index is 0.165. The van der Waals surface area contributed by atoms with Crippen molar-refractivity contribution in [3.63, 3.8) is 0 Å². The van der Waals surface area contributed by atoms with E-state index in [2.05, 4.69) is 10.6 Å². The van der Waals surface area contributed by atoms with Crippen LogP contribution in [0, 0.1) is 6.92 Å². The summed E-state index contributed by atoms with van der Waals surface area (Å²) in [5, 5.41) is 5.37. The Labute approximate surface area is 240 Å². The van der Waals surface area contributed by atoms with Gasteiger partial charge in [0.15, 0.2) is 18.1 Å². The maximum absolute atomic E-state index is 12.9. The van der Waals surface area contributed by atoms with Gasteiger partial charge >= 0.3 is 0 Å². The largest absolute Gasteiger partial charge is 0.490 e. The Bertz CT molecular complexity index is 1460. The normalized spacial score (nSPS) is 13.9. The zero-order chi connectivity index (χ0) is 28.6. The number of anilines is 2. The first kappa shape index (κ1) is 28.7. The van der Waals surface area contributed by atoms with E-state index >= 15 is 0 Å². The van der Waals surface area contributed by atoms with Gasteiger partial charge in [-0.1, -0.05) is 35.4 Å². The first-order chi connectivity index (χ1) is 19.2. The van der Waals surface area contributed by atoms with Crippen LogP contribution in [0.15, 0.2) is 71.6 Å². The van der Waals surface area contributed by atoms with Crippen LogP contribution in [0.3, 0.4) is 0 Å². The highest BCUT2D eigenvalue weighted by Crippen LogP contribution is 2.34. The lowest BCUT2D eigenvalue weighted by Gasteiger charge is -2.13. The highest BCUT2D eigenvalue weighted by Gasteiger charge is 2.36. The van der Waals surface area contributed by atoms with Gasteiger partial charge in [-0.05, 0) is 85.8 Å². The molecule has 0 atom stereocenters. The maximum atomic E-state index is 12.9. The summed E-state index contributed by atoms with van der Waals surface area (Å²) in [6.45, 7) is 3.45. The van der Waals surface area contributed by atoms with Gasteiger partial charge in [-0.25, -0.2) is 0 Å². The maximum Gasteiger partial charge on any atom is 0.294 e. The van der Waals surface area contributed by atoms with Crippen LogP contribution in [-0.2, 0) is 14.4 Å². The van der Waals surface area contributed by atoms with Crippen molar-refractivity contribution in [1.29, 1.82) is 0 Å². The van der Waals surface area contributed by atoms with Crippen LogP contribution in [0.1, 0.15) is 18.1 Å². The number of carbonyl (C=O) groups is 4. The molecule has 11 heteroatoms. The van der Waals surface area contributed by atoms with Crippen molar-refractivity contribution in [3.8, 4) is 11.5 Å². The van der Waals surface area contributed by atoms with Crippen molar-refractivity contribution >= 4 is 63.8 Å². The molecule has 3 aromatic carbocycles. The van der Waals surface area contributed by atoms with E-state index in [0.29, 0.717) is 40.1 Å². The van der Waals surface area contributed by atoms with Crippen LogP contribution in [0.2, 0.25) is 5.02 Å². The van der Waals surface area contributed by atoms with Crippen LogP contribution in [0.5, 0.6) is 11.5 Å². The van der Waals surface area contributed by atoms with Gasteiger partial charge in [0.25, 0.3) is 17.1 Å². The summed E-state index contributed by atoms with van der Waals surface area (Å²) in [6.07, 6.45) is 1.54. The van der Waals surface area contributed by atoms with E-state index in [-0.39, 0.29) is 17.4 Å². The van der Waals surface area contributed by atoms with Crippen LogP contribution < -0.4 is 20.1 Å². The van der Waals surface area contributed by atoms with Gasteiger partial charge in [0, 0.05) is 16.4 Å². The summed E-state index contributed by atoms with van der Waals surface area (Å²) < 4.78 is 11.4. The van der Waals surface area contributed by atoms with Crippen molar-refractivity contribution < 1.29 is 28.7 Å². The number of hydrogen-bond acceptors (Lipinski definition) is 7. The predicted octanol–water partition coefficient (Wildman–Crippen LogP) is 5.74. The lowest BCUT2D eigenvalue weighted by molar-refractivity contribution is -0.127. The molecule has 9 nitrogen and oxygen atoms in total. The molecule has 1 aliphatic heterocycles. The van der Waals surface area contributed by atoms with E-state index < -0.39 is 23.6 Å². The van der Waals surface area contributed by atoms with E-state index in [9.17, 15) is 19.2 Å². The van der Waals surface area contributed by atoms with Gasteiger partial charge in [0.2, 0.25) is 5.91 Å². The minimum atomic E-state index is -0.577. The third kappa shape index (κ3) is 7.64. The van der Waals surface area contributed by atoms with Crippen molar-refractivity contribution in [2.24, 2.45) is 0 Å². The number of imide groups is 1. The monoisotopic (exact) mass is 579 g/mol. The molecule has 0 radical (unpaired) electrons. The molecular weight excluding hydrogens is 554 g/mol. The average Bonchev–Trinajstić information content (AvgIpc) is 3.18. The second-order valence-corrected chi connectivity index (χ2v) is 10.1. The second-order valence-electron chi connectivity index (χ2n) is 8.66. The summed E-state index contributed by atoms with van der Waals surface area (Å²) in [7, 11) is 0. The van der Waals surface area contributed by atoms with Crippen molar-refractivity contribution in [1.82, 2.24) is 4.90 Å². The Balaban J connectivity index is 1.39. The number of hydrogen-bond donors (Lipinski definition) is 2. The Morgan fingerprint density at radius 2 is 1.55 bits per heavy atom. The molecule has 4 rings (SSSR count). The number of benzene rings is 3. The highest BCUT2D eigenvalue weighted by molar-refractivity contribution is 8.18. The lowest BCUT2D eigenvalue weighted by Crippen LogP contribution is -2.36. The number of carbonyl (C=O) groups excluding carboxylic acids is 4. The number of nitrogens with one attached hydrogen (secondary N) is 2. The smallest absolute Gasteiger partial charge is 0.294 e. The molecule has 0 aliphatic carbocycles. The fraction of sp³-hybridized carbons (Fsp3) is 0.172. The van der Waals surface area contributed by atoms with Crippen LogP contribution >= 0.6 is 23.4 Å². The molecule has 4 amide bonds. The number of halogens is 1. The summed E-state index contributed by atoms with van der Waals surface area (Å²) in [4.78, 5) is 51.2. The number of amides is 4. The van der Waals surface area contributed by atoms with E-state index in [4.69, 9.17) is 21.1 Å². The van der Waals surface area contributed by atoms with Crippen LogP contribution in [0.4, 0.5) is 16.2 Å². The van der Waals surface area contributed by atoms with Gasteiger partial charge in [-0.3, -0.25) is 24.1 Å². The van der Waals surface area contributed by atoms with Crippen LogP contribution in [0.25, 0.3) is 6.08 Å². The van der Waals surface area contributed by atoms with E-state index in [1.165, 1.54) is 0 Å². The Morgan fingerprint density at radius 3 is 2.23 bits per heavy atom. The highest BCUT2D eigenvalue weighted by atomic mass is 35.5. The molecule has 0 bridgehead atoms. The van der Waals surface area contributed by atoms with E-state index in [0.717, 1.165) is 22.2 Å². The van der Waals surface area contributed by atoms with Crippen molar-refractivity contribution in [3.05, 3.63) is 87.8 Å². The summed E-state index contributed by atoms with van der Waals surface area (Å²) in [5.74, 6) is -0.695. The number of ether oxygens (including phenoxy) is 2. The van der Waals surface area contributed by atoms with Gasteiger partial charge in [0.1, 0.15) is 6.54 Å². The quantitative estimate of drug-likeness (QED) is 0.294. The molecule has 1 fully saturated rings. The van der Waals surface area contributed by atoms with Crippen molar-refractivity contribution in [2.75, 3.05) is 30.4 Å².